The van der Waals surface area contributed by atoms with Gasteiger partial charge in [-0.15, -0.1) is 0 Å². The van der Waals surface area contributed by atoms with Crippen LogP contribution in [-0.4, -0.2) is 6.54 Å². The highest BCUT2D eigenvalue weighted by Gasteiger charge is 2.13. The van der Waals surface area contributed by atoms with Gasteiger partial charge in [-0.3, -0.25) is 0 Å². The monoisotopic (exact) mass is 313 g/mol. The molecule has 2 N–H and O–H groups in total. The number of ether oxygens (including phenoxy) is 1. The predicted octanol–water partition coefficient (Wildman–Crippen LogP) is 4.99. The molecular weight excluding hydrogens is 300 g/mol. The molecule has 0 heterocycles. The van der Waals surface area contributed by atoms with Crippen LogP contribution in [0.2, 0.25) is 10.0 Å². The minimum atomic E-state index is -0.318. The van der Waals surface area contributed by atoms with Crippen molar-refractivity contribution in [2.45, 2.75) is 12.8 Å². The summed E-state index contributed by atoms with van der Waals surface area (Å²) >= 11 is 11.8. The molecule has 2 aromatic carbocycles. The lowest BCUT2D eigenvalue weighted by atomic mass is 10.0. The highest BCUT2D eigenvalue weighted by Crippen LogP contribution is 2.33. The van der Waals surface area contributed by atoms with Gasteiger partial charge in [0.2, 0.25) is 0 Å². The second-order valence-electron chi connectivity index (χ2n) is 4.50. The topological polar surface area (TPSA) is 35.2 Å². The molecule has 0 saturated carbocycles. The van der Waals surface area contributed by atoms with Crippen molar-refractivity contribution in [1.82, 2.24) is 0 Å². The van der Waals surface area contributed by atoms with E-state index in [2.05, 4.69) is 0 Å². The highest BCUT2D eigenvalue weighted by atomic mass is 35.5. The molecule has 0 aromatic heterocycles. The number of halogens is 3. The molecule has 5 heteroatoms. The maximum atomic E-state index is 13.4. The Morgan fingerprint density at radius 2 is 1.90 bits per heavy atom. The van der Waals surface area contributed by atoms with Crippen LogP contribution in [0.3, 0.4) is 0 Å². The van der Waals surface area contributed by atoms with Crippen LogP contribution in [0.1, 0.15) is 18.4 Å². The van der Waals surface area contributed by atoms with E-state index < -0.39 is 0 Å². The van der Waals surface area contributed by atoms with Crippen molar-refractivity contribution >= 4 is 23.2 Å². The van der Waals surface area contributed by atoms with Crippen LogP contribution in [0.15, 0.2) is 36.4 Å². The Bertz CT molecular complexity index is 619. The third kappa shape index (κ3) is 3.42. The fourth-order valence-corrected chi connectivity index (χ4v) is 2.08. The van der Waals surface area contributed by atoms with Gasteiger partial charge in [0.15, 0.2) is 0 Å². The van der Waals surface area contributed by atoms with E-state index in [-0.39, 0.29) is 11.7 Å². The maximum absolute atomic E-state index is 13.4. The van der Waals surface area contributed by atoms with Gasteiger partial charge in [-0.2, -0.15) is 0 Å². The molecule has 0 bridgehead atoms. The van der Waals surface area contributed by atoms with Gasteiger partial charge in [0.25, 0.3) is 0 Å². The van der Waals surface area contributed by atoms with E-state index in [1.54, 1.807) is 24.3 Å². The molecule has 0 spiro atoms. The maximum Gasteiger partial charge on any atom is 0.131 e. The molecule has 2 aromatic rings. The average molecular weight is 314 g/mol. The quantitative estimate of drug-likeness (QED) is 0.863. The molecule has 0 fully saturated rings. The summed E-state index contributed by atoms with van der Waals surface area (Å²) in [4.78, 5) is 0. The summed E-state index contributed by atoms with van der Waals surface area (Å²) in [6, 6.07) is 9.33. The molecule has 106 valence electrons. The summed E-state index contributed by atoms with van der Waals surface area (Å²) in [6.45, 7) is 2.32. The molecule has 2 rings (SSSR count). The molecular formula is C15H14Cl2FNO. The third-order valence-electron chi connectivity index (χ3n) is 2.98. The summed E-state index contributed by atoms with van der Waals surface area (Å²) in [5.74, 6) is 0.768. The summed E-state index contributed by atoms with van der Waals surface area (Å²) < 4.78 is 19.1. The Hall–Kier alpha value is -1.29. The van der Waals surface area contributed by atoms with Gasteiger partial charge in [-0.25, -0.2) is 4.39 Å². The third-order valence-corrected chi connectivity index (χ3v) is 3.71. The molecule has 0 radical (unpaired) electrons. The van der Waals surface area contributed by atoms with E-state index in [1.165, 1.54) is 12.1 Å². The van der Waals surface area contributed by atoms with E-state index in [1.807, 2.05) is 6.92 Å². The van der Waals surface area contributed by atoms with E-state index >= 15 is 0 Å². The summed E-state index contributed by atoms with van der Waals surface area (Å²) in [5, 5.41) is 0.855. The van der Waals surface area contributed by atoms with Gasteiger partial charge in [0, 0.05) is 11.6 Å². The predicted molar refractivity (Wildman–Crippen MR) is 80.4 cm³/mol. The van der Waals surface area contributed by atoms with E-state index in [0.29, 0.717) is 28.1 Å². The normalized spacial score (nSPS) is 12.2. The zero-order valence-electron chi connectivity index (χ0n) is 10.9. The zero-order valence-corrected chi connectivity index (χ0v) is 12.4. The van der Waals surface area contributed by atoms with Gasteiger partial charge >= 0.3 is 0 Å². The second-order valence-corrected chi connectivity index (χ2v) is 5.31. The first-order valence-electron chi connectivity index (χ1n) is 6.13. The number of benzene rings is 2. The highest BCUT2D eigenvalue weighted by molar-refractivity contribution is 6.42. The first-order chi connectivity index (χ1) is 9.51. The summed E-state index contributed by atoms with van der Waals surface area (Å²) in [5.41, 5.74) is 6.36. The molecule has 0 saturated heterocycles. The van der Waals surface area contributed by atoms with E-state index in [4.69, 9.17) is 33.7 Å². The van der Waals surface area contributed by atoms with Gasteiger partial charge in [-0.1, -0.05) is 30.1 Å². The van der Waals surface area contributed by atoms with Crippen molar-refractivity contribution in [3.05, 3.63) is 57.8 Å². The molecule has 0 aliphatic carbocycles. The minimum absolute atomic E-state index is 0.0107. The second kappa shape index (κ2) is 6.44. The number of nitrogens with two attached hydrogens (primary N) is 1. The summed E-state index contributed by atoms with van der Waals surface area (Å²) in [6.07, 6.45) is 0. The Labute approximate surface area is 127 Å². The Morgan fingerprint density at radius 1 is 1.15 bits per heavy atom. The minimum Gasteiger partial charge on any atom is -0.457 e. The lowest BCUT2D eigenvalue weighted by molar-refractivity contribution is 0.469. The fraction of sp³-hybridized carbons (Fsp3) is 0.200. The summed E-state index contributed by atoms with van der Waals surface area (Å²) in [7, 11) is 0. The first kappa shape index (κ1) is 15.1. The van der Waals surface area contributed by atoms with E-state index in [9.17, 15) is 4.39 Å². The van der Waals surface area contributed by atoms with E-state index in [0.717, 1.165) is 5.56 Å². The Balaban J connectivity index is 2.35. The van der Waals surface area contributed by atoms with Crippen LogP contribution in [0, 0.1) is 5.82 Å². The Morgan fingerprint density at radius 3 is 2.55 bits per heavy atom. The smallest absolute Gasteiger partial charge is 0.131 e. The standard InChI is InChI=1S/C15H14Cl2FNO/c1-9(8-19)12-6-10(18)2-5-15(12)20-11-3-4-13(16)14(17)7-11/h2-7,9H,8,19H2,1H3. The fourth-order valence-electron chi connectivity index (χ4n) is 1.79. The molecule has 1 unspecified atom stereocenters. The molecule has 0 aliphatic rings. The van der Waals surface area contributed by atoms with Crippen molar-refractivity contribution in [1.29, 1.82) is 0 Å². The van der Waals surface area contributed by atoms with Crippen molar-refractivity contribution < 1.29 is 9.13 Å². The van der Waals surface area contributed by atoms with Crippen LogP contribution in [0.25, 0.3) is 0 Å². The first-order valence-corrected chi connectivity index (χ1v) is 6.89. The van der Waals surface area contributed by atoms with Crippen molar-refractivity contribution in [3.63, 3.8) is 0 Å². The van der Waals surface area contributed by atoms with Crippen LogP contribution in [0.5, 0.6) is 11.5 Å². The largest absolute Gasteiger partial charge is 0.457 e. The molecule has 0 aliphatic heterocycles. The lowest BCUT2D eigenvalue weighted by Crippen LogP contribution is -2.10. The van der Waals surface area contributed by atoms with Crippen molar-refractivity contribution in [2.75, 3.05) is 6.54 Å². The van der Waals surface area contributed by atoms with Gasteiger partial charge in [-0.05, 0) is 42.8 Å². The van der Waals surface area contributed by atoms with Crippen LogP contribution >= 0.6 is 23.2 Å². The molecule has 1 atom stereocenters. The molecule has 2 nitrogen and oxygen atoms in total. The Kier molecular flexibility index (Phi) is 4.86. The van der Waals surface area contributed by atoms with Crippen molar-refractivity contribution in [2.24, 2.45) is 5.73 Å². The van der Waals surface area contributed by atoms with Gasteiger partial charge in [0.1, 0.15) is 17.3 Å². The molecule has 0 amide bonds. The number of hydrogen-bond donors (Lipinski definition) is 1. The van der Waals surface area contributed by atoms with Crippen molar-refractivity contribution in [3.8, 4) is 11.5 Å². The van der Waals surface area contributed by atoms with Crippen LogP contribution < -0.4 is 10.5 Å². The van der Waals surface area contributed by atoms with Gasteiger partial charge < -0.3 is 10.5 Å². The SMILES string of the molecule is CC(CN)c1cc(F)ccc1Oc1ccc(Cl)c(Cl)c1. The number of hydrogen-bond acceptors (Lipinski definition) is 2. The lowest BCUT2D eigenvalue weighted by Gasteiger charge is -2.16. The van der Waals surface area contributed by atoms with Crippen LogP contribution in [-0.2, 0) is 0 Å². The number of rotatable bonds is 4. The van der Waals surface area contributed by atoms with Crippen LogP contribution in [0.4, 0.5) is 4.39 Å². The zero-order chi connectivity index (χ0) is 14.7. The van der Waals surface area contributed by atoms with Gasteiger partial charge in [0.05, 0.1) is 10.0 Å². The average Bonchev–Trinajstić information content (AvgIpc) is 2.44. The molecule has 20 heavy (non-hydrogen) atoms.